The van der Waals surface area contributed by atoms with Crippen LogP contribution < -0.4 is 0 Å². The Hall–Kier alpha value is -0.330. The van der Waals surface area contributed by atoms with Crippen LogP contribution in [0.3, 0.4) is 0 Å². The molecule has 0 aliphatic heterocycles. The highest BCUT2D eigenvalue weighted by atomic mass is 19.1. The van der Waals surface area contributed by atoms with Gasteiger partial charge >= 0.3 is 0 Å². The molecule has 0 N–H and O–H groups in total. The van der Waals surface area contributed by atoms with E-state index in [0.29, 0.717) is 6.42 Å². The summed E-state index contributed by atoms with van der Waals surface area (Å²) in [4.78, 5) is 0. The second-order valence-corrected chi connectivity index (χ2v) is 1.90. The fraction of sp³-hybridized carbons (Fsp3) is 0.714. The summed E-state index contributed by atoms with van der Waals surface area (Å²) in [6.45, 7) is 3.80. The van der Waals surface area contributed by atoms with Crippen molar-refractivity contribution in [3.05, 3.63) is 11.6 Å². The summed E-state index contributed by atoms with van der Waals surface area (Å²) in [6.07, 6.45) is 3.68. The average Bonchev–Trinajstić information content (AvgIpc) is 1.68. The van der Waals surface area contributed by atoms with E-state index in [1.807, 2.05) is 6.92 Å². The molecule has 0 fully saturated rings. The predicted molar refractivity (Wildman–Crippen MR) is 34.6 cm³/mol. The summed E-state index contributed by atoms with van der Waals surface area (Å²) < 4.78 is 11.5. The lowest BCUT2D eigenvalue weighted by molar-refractivity contribution is 0.494. The zero-order chi connectivity index (χ0) is 6.41. The van der Waals surface area contributed by atoms with Crippen LogP contribution in [-0.2, 0) is 0 Å². The molecule has 0 nitrogen and oxygen atoms in total. The summed E-state index contributed by atoms with van der Waals surface area (Å²) in [5.74, 6) is 0. The second-order valence-electron chi connectivity index (χ2n) is 1.90. The van der Waals surface area contributed by atoms with Gasteiger partial charge in [-0.3, -0.25) is 4.39 Å². The SMILES string of the molecule is CC/C=C(\C)CCF. The first-order chi connectivity index (χ1) is 3.81. The molecule has 1 heteroatoms. The van der Waals surface area contributed by atoms with Gasteiger partial charge in [0.15, 0.2) is 0 Å². The number of alkyl halides is 1. The maximum Gasteiger partial charge on any atom is 0.0931 e. The van der Waals surface area contributed by atoms with Gasteiger partial charge in [-0.25, -0.2) is 0 Å². The largest absolute Gasteiger partial charge is 0.251 e. The number of allylic oxidation sites excluding steroid dienone is 2. The first-order valence-electron chi connectivity index (χ1n) is 3.02. The van der Waals surface area contributed by atoms with Gasteiger partial charge in [-0.05, 0) is 19.8 Å². The summed E-state index contributed by atoms with van der Waals surface area (Å²) in [5.41, 5.74) is 1.16. The molecule has 0 atom stereocenters. The monoisotopic (exact) mass is 116 g/mol. The van der Waals surface area contributed by atoms with Crippen molar-refractivity contribution in [3.63, 3.8) is 0 Å². The molecule has 0 aliphatic rings. The van der Waals surface area contributed by atoms with Gasteiger partial charge in [-0.1, -0.05) is 18.6 Å². The quantitative estimate of drug-likeness (QED) is 0.497. The van der Waals surface area contributed by atoms with Gasteiger partial charge < -0.3 is 0 Å². The Morgan fingerprint density at radius 3 is 2.62 bits per heavy atom. The predicted octanol–water partition coefficient (Wildman–Crippen LogP) is 2.70. The maximum atomic E-state index is 11.5. The van der Waals surface area contributed by atoms with Crippen molar-refractivity contribution in [1.82, 2.24) is 0 Å². The molecule has 48 valence electrons. The Bertz CT molecular complexity index is 74.5. The molecule has 0 aliphatic carbocycles. The van der Waals surface area contributed by atoms with Crippen LogP contribution in [0.2, 0.25) is 0 Å². The molecule has 0 radical (unpaired) electrons. The summed E-state index contributed by atoms with van der Waals surface area (Å²) >= 11 is 0. The van der Waals surface area contributed by atoms with Crippen LogP contribution in [0, 0.1) is 0 Å². The van der Waals surface area contributed by atoms with Gasteiger partial charge in [0.2, 0.25) is 0 Å². The molecule has 0 amide bonds. The van der Waals surface area contributed by atoms with Crippen molar-refractivity contribution in [2.24, 2.45) is 0 Å². The first-order valence-corrected chi connectivity index (χ1v) is 3.02. The molecule has 0 rings (SSSR count). The highest BCUT2D eigenvalue weighted by Crippen LogP contribution is 2.00. The Kier molecular flexibility index (Phi) is 4.62. The lowest BCUT2D eigenvalue weighted by Gasteiger charge is -1.91. The van der Waals surface area contributed by atoms with E-state index < -0.39 is 0 Å². The molecule has 0 aromatic carbocycles. The Morgan fingerprint density at radius 1 is 1.62 bits per heavy atom. The van der Waals surface area contributed by atoms with Crippen LogP contribution in [0.25, 0.3) is 0 Å². The highest BCUT2D eigenvalue weighted by molar-refractivity contribution is 4.96. The molecule has 0 saturated carbocycles. The number of rotatable bonds is 3. The van der Waals surface area contributed by atoms with Crippen LogP contribution in [0.4, 0.5) is 4.39 Å². The molecule has 8 heavy (non-hydrogen) atoms. The fourth-order valence-corrected chi connectivity index (χ4v) is 0.600. The molecule has 0 unspecified atom stereocenters. The molecule has 0 spiro atoms. The average molecular weight is 116 g/mol. The van der Waals surface area contributed by atoms with Crippen molar-refractivity contribution in [3.8, 4) is 0 Å². The van der Waals surface area contributed by atoms with Crippen LogP contribution in [-0.4, -0.2) is 6.67 Å². The minimum Gasteiger partial charge on any atom is -0.251 e. The van der Waals surface area contributed by atoms with Gasteiger partial charge in [-0.15, -0.1) is 0 Å². The Morgan fingerprint density at radius 2 is 2.25 bits per heavy atom. The number of hydrogen-bond donors (Lipinski definition) is 0. The molecule has 0 aromatic rings. The van der Waals surface area contributed by atoms with Gasteiger partial charge in [0.1, 0.15) is 0 Å². The molecule has 0 heterocycles. The molecular weight excluding hydrogens is 103 g/mol. The van der Waals surface area contributed by atoms with E-state index in [-0.39, 0.29) is 6.67 Å². The third-order valence-corrected chi connectivity index (χ3v) is 1.04. The van der Waals surface area contributed by atoms with Crippen LogP contribution in [0.5, 0.6) is 0 Å². The van der Waals surface area contributed by atoms with Crippen molar-refractivity contribution >= 4 is 0 Å². The summed E-state index contributed by atoms with van der Waals surface area (Å²) in [7, 11) is 0. The lowest BCUT2D eigenvalue weighted by atomic mass is 10.2. The van der Waals surface area contributed by atoms with Gasteiger partial charge in [-0.2, -0.15) is 0 Å². The third kappa shape index (κ3) is 3.85. The van der Waals surface area contributed by atoms with E-state index >= 15 is 0 Å². The molecule has 0 saturated heterocycles. The Balaban J connectivity index is 3.29. The lowest BCUT2D eigenvalue weighted by Crippen LogP contribution is -1.77. The number of hydrogen-bond acceptors (Lipinski definition) is 0. The highest BCUT2D eigenvalue weighted by Gasteiger charge is 1.84. The Labute approximate surface area is 50.4 Å². The third-order valence-electron chi connectivity index (χ3n) is 1.04. The van der Waals surface area contributed by atoms with Crippen molar-refractivity contribution in [2.45, 2.75) is 26.7 Å². The molecular formula is C7H13F. The zero-order valence-corrected chi connectivity index (χ0v) is 5.58. The van der Waals surface area contributed by atoms with Crippen molar-refractivity contribution in [1.29, 1.82) is 0 Å². The summed E-state index contributed by atoms with van der Waals surface area (Å²) in [5, 5.41) is 0. The van der Waals surface area contributed by atoms with Crippen LogP contribution in [0.15, 0.2) is 11.6 Å². The van der Waals surface area contributed by atoms with E-state index in [0.717, 1.165) is 12.0 Å². The van der Waals surface area contributed by atoms with E-state index in [1.54, 1.807) is 0 Å². The van der Waals surface area contributed by atoms with E-state index in [9.17, 15) is 4.39 Å². The van der Waals surface area contributed by atoms with Crippen LogP contribution >= 0.6 is 0 Å². The van der Waals surface area contributed by atoms with Gasteiger partial charge in [0, 0.05) is 0 Å². The normalized spacial score (nSPS) is 12.1. The second kappa shape index (κ2) is 4.82. The number of halogens is 1. The van der Waals surface area contributed by atoms with E-state index in [1.165, 1.54) is 0 Å². The minimum atomic E-state index is -0.220. The molecule has 0 aromatic heterocycles. The van der Waals surface area contributed by atoms with Crippen LogP contribution in [0.1, 0.15) is 26.7 Å². The smallest absolute Gasteiger partial charge is 0.0931 e. The van der Waals surface area contributed by atoms with Gasteiger partial charge in [0.25, 0.3) is 0 Å². The zero-order valence-electron chi connectivity index (χ0n) is 5.58. The standard InChI is InChI=1S/C7H13F/c1-3-4-7(2)5-6-8/h4H,3,5-6H2,1-2H3/b7-4+. The topological polar surface area (TPSA) is 0 Å². The van der Waals surface area contributed by atoms with Crippen molar-refractivity contribution < 1.29 is 4.39 Å². The van der Waals surface area contributed by atoms with Gasteiger partial charge in [0.05, 0.1) is 6.67 Å². The first kappa shape index (κ1) is 7.67. The van der Waals surface area contributed by atoms with E-state index in [2.05, 4.69) is 13.0 Å². The van der Waals surface area contributed by atoms with E-state index in [4.69, 9.17) is 0 Å². The summed E-state index contributed by atoms with van der Waals surface area (Å²) in [6, 6.07) is 0. The molecule has 0 bridgehead atoms. The maximum absolute atomic E-state index is 11.5. The fourth-order valence-electron chi connectivity index (χ4n) is 0.600. The van der Waals surface area contributed by atoms with Crippen molar-refractivity contribution in [2.75, 3.05) is 6.67 Å². The minimum absolute atomic E-state index is 0.220.